The molecule has 0 bridgehead atoms. The van der Waals surface area contributed by atoms with Crippen molar-refractivity contribution in [2.75, 3.05) is 26.2 Å². The van der Waals surface area contributed by atoms with E-state index in [0.717, 1.165) is 31.5 Å². The molecule has 0 aliphatic carbocycles. The molecule has 1 aliphatic heterocycles. The van der Waals surface area contributed by atoms with E-state index in [1.807, 2.05) is 0 Å². The number of aliphatic hydroxyl groups is 1. The van der Waals surface area contributed by atoms with Gasteiger partial charge in [0.25, 0.3) is 5.76 Å². The molecule has 0 saturated carbocycles. The molecule has 34 heavy (non-hydrogen) atoms. The van der Waals surface area contributed by atoms with Crippen LogP contribution in [0.4, 0.5) is 13.2 Å². The number of hydrogen-bond donors (Lipinski definition) is 1. The second kappa shape index (κ2) is 10.1. The Balaban J connectivity index is 1.58. The van der Waals surface area contributed by atoms with E-state index < -0.39 is 29.2 Å². The maximum Gasteiger partial charge on any atom is 0.453 e. The monoisotopic (exact) mass is 477 g/mol. The van der Waals surface area contributed by atoms with Gasteiger partial charge in [-0.15, -0.1) is 0 Å². The van der Waals surface area contributed by atoms with Crippen molar-refractivity contribution < 1.29 is 32.2 Å². The molecule has 1 aliphatic rings. The Labute approximate surface area is 194 Å². The fourth-order valence-electron chi connectivity index (χ4n) is 4.01. The van der Waals surface area contributed by atoms with Gasteiger partial charge in [0.15, 0.2) is 0 Å². The van der Waals surface area contributed by atoms with Crippen molar-refractivity contribution in [2.24, 2.45) is 0 Å². The summed E-state index contributed by atoms with van der Waals surface area (Å²) in [5, 5.41) is 10.2. The van der Waals surface area contributed by atoms with Crippen molar-refractivity contribution in [1.29, 1.82) is 0 Å². The first-order valence-corrected chi connectivity index (χ1v) is 11.2. The fraction of sp³-hybridized carbons (Fsp3) is 0.400. The van der Waals surface area contributed by atoms with Gasteiger partial charge in [-0.2, -0.15) is 13.2 Å². The lowest BCUT2D eigenvalue weighted by Gasteiger charge is -2.28. The fourth-order valence-corrected chi connectivity index (χ4v) is 4.01. The molecule has 1 N–H and O–H groups in total. The van der Waals surface area contributed by atoms with Crippen molar-refractivity contribution in [3.05, 3.63) is 64.0 Å². The molecule has 1 fully saturated rings. The smallest absolute Gasteiger partial charge is 0.453 e. The van der Waals surface area contributed by atoms with E-state index >= 15 is 0 Å². The molecule has 0 radical (unpaired) electrons. The SMILES string of the molecule is Cc1cccc(Oc2c(C(F)(F)F)oc3cc(OCC(O)CN4CCCCC4)ccc3c2=O)c1. The number of piperidine rings is 1. The van der Waals surface area contributed by atoms with E-state index in [0.29, 0.717) is 6.54 Å². The first-order valence-electron chi connectivity index (χ1n) is 11.2. The summed E-state index contributed by atoms with van der Waals surface area (Å²) >= 11 is 0. The topological polar surface area (TPSA) is 72.1 Å². The van der Waals surface area contributed by atoms with E-state index in [1.54, 1.807) is 19.1 Å². The van der Waals surface area contributed by atoms with Gasteiger partial charge in [0.2, 0.25) is 11.2 Å². The van der Waals surface area contributed by atoms with Crippen LogP contribution < -0.4 is 14.9 Å². The molecule has 0 spiro atoms. The Morgan fingerprint density at radius 3 is 2.56 bits per heavy atom. The Morgan fingerprint density at radius 1 is 1.09 bits per heavy atom. The third kappa shape index (κ3) is 5.71. The third-order valence-electron chi connectivity index (χ3n) is 5.65. The second-order valence-corrected chi connectivity index (χ2v) is 8.49. The molecular formula is C25H26F3NO5. The number of rotatable bonds is 7. The van der Waals surface area contributed by atoms with Gasteiger partial charge < -0.3 is 23.9 Å². The molecule has 1 saturated heterocycles. The molecule has 1 aromatic heterocycles. The van der Waals surface area contributed by atoms with Crippen LogP contribution in [0.5, 0.6) is 17.2 Å². The van der Waals surface area contributed by atoms with E-state index in [4.69, 9.17) is 13.9 Å². The maximum absolute atomic E-state index is 13.7. The number of benzene rings is 2. The highest BCUT2D eigenvalue weighted by Gasteiger charge is 2.40. The minimum Gasteiger partial charge on any atom is -0.491 e. The highest BCUT2D eigenvalue weighted by molar-refractivity contribution is 5.79. The van der Waals surface area contributed by atoms with Crippen LogP contribution >= 0.6 is 0 Å². The number of hydrogen-bond acceptors (Lipinski definition) is 6. The molecule has 2 aromatic carbocycles. The summed E-state index contributed by atoms with van der Waals surface area (Å²) in [5.74, 6) is -2.15. The lowest BCUT2D eigenvalue weighted by atomic mass is 10.1. The molecule has 3 aromatic rings. The first kappa shape index (κ1) is 24.1. The number of halogens is 3. The molecule has 6 nitrogen and oxygen atoms in total. The average molecular weight is 477 g/mol. The molecule has 4 rings (SSSR count). The zero-order valence-electron chi connectivity index (χ0n) is 18.7. The number of likely N-dealkylation sites (tertiary alicyclic amines) is 1. The number of ether oxygens (including phenoxy) is 2. The Morgan fingerprint density at radius 2 is 1.85 bits per heavy atom. The van der Waals surface area contributed by atoms with E-state index in [9.17, 15) is 23.1 Å². The molecule has 182 valence electrons. The van der Waals surface area contributed by atoms with E-state index in [2.05, 4.69) is 4.90 Å². The van der Waals surface area contributed by atoms with Crippen LogP contribution in [0.15, 0.2) is 51.7 Å². The third-order valence-corrected chi connectivity index (χ3v) is 5.65. The summed E-state index contributed by atoms with van der Waals surface area (Å²) < 4.78 is 57.2. The average Bonchev–Trinajstić information content (AvgIpc) is 2.79. The summed E-state index contributed by atoms with van der Waals surface area (Å²) in [6.45, 7) is 4.02. The summed E-state index contributed by atoms with van der Waals surface area (Å²) in [7, 11) is 0. The number of fused-ring (bicyclic) bond motifs is 1. The molecule has 1 unspecified atom stereocenters. The lowest BCUT2D eigenvalue weighted by molar-refractivity contribution is -0.154. The standard InChI is InChI=1S/C25H26F3NO5/c1-16-6-5-7-19(12-16)33-23-22(31)20-9-8-18(13-21(20)34-24(23)25(26,27)28)32-15-17(30)14-29-10-3-2-4-11-29/h5-9,12-13,17,30H,2-4,10-11,14-15H2,1H3. The molecule has 2 heterocycles. The number of nitrogens with zero attached hydrogens (tertiary/aromatic N) is 1. The van der Waals surface area contributed by atoms with Gasteiger partial charge in [-0.25, -0.2) is 0 Å². The highest BCUT2D eigenvalue weighted by atomic mass is 19.4. The van der Waals surface area contributed by atoms with Gasteiger partial charge in [-0.3, -0.25) is 4.79 Å². The van der Waals surface area contributed by atoms with Gasteiger partial charge in [0, 0.05) is 12.6 Å². The Kier molecular flexibility index (Phi) is 7.13. The zero-order chi connectivity index (χ0) is 24.3. The zero-order valence-corrected chi connectivity index (χ0v) is 18.7. The Hall–Kier alpha value is -3.04. The molecular weight excluding hydrogens is 451 g/mol. The van der Waals surface area contributed by atoms with Crippen LogP contribution in [-0.4, -0.2) is 42.4 Å². The predicted molar refractivity (Wildman–Crippen MR) is 121 cm³/mol. The largest absolute Gasteiger partial charge is 0.491 e. The van der Waals surface area contributed by atoms with Crippen molar-refractivity contribution in [1.82, 2.24) is 4.90 Å². The number of β-amino-alcohol motifs (C(OH)–C–C–N with tert-alkyl or cyclic N) is 1. The van der Waals surface area contributed by atoms with Crippen LogP contribution in [0.25, 0.3) is 11.0 Å². The summed E-state index contributed by atoms with van der Waals surface area (Å²) in [6, 6.07) is 10.4. The quantitative estimate of drug-likeness (QED) is 0.508. The lowest BCUT2D eigenvalue weighted by Crippen LogP contribution is -2.38. The second-order valence-electron chi connectivity index (χ2n) is 8.49. The molecule has 9 heteroatoms. The normalized spacial score (nSPS) is 15.9. The summed E-state index contributed by atoms with van der Waals surface area (Å²) in [6.07, 6.45) is -2.34. The van der Waals surface area contributed by atoms with Crippen LogP contribution in [-0.2, 0) is 6.18 Å². The van der Waals surface area contributed by atoms with Gasteiger partial charge in [0.05, 0.1) is 5.39 Å². The summed E-state index contributed by atoms with van der Waals surface area (Å²) in [5.41, 5.74) is -0.454. The van der Waals surface area contributed by atoms with Crippen LogP contribution in [0.3, 0.4) is 0 Å². The van der Waals surface area contributed by atoms with Gasteiger partial charge in [0.1, 0.15) is 29.8 Å². The minimum absolute atomic E-state index is 0.0348. The Bertz CT molecular complexity index is 1200. The minimum atomic E-state index is -4.95. The van der Waals surface area contributed by atoms with E-state index in [1.165, 1.54) is 36.8 Å². The molecule has 1 atom stereocenters. The molecule has 0 amide bonds. The summed E-state index contributed by atoms with van der Waals surface area (Å²) in [4.78, 5) is 15.1. The van der Waals surface area contributed by atoms with Crippen molar-refractivity contribution in [2.45, 2.75) is 38.5 Å². The van der Waals surface area contributed by atoms with Crippen LogP contribution in [0.2, 0.25) is 0 Å². The van der Waals surface area contributed by atoms with Crippen molar-refractivity contribution in [3.63, 3.8) is 0 Å². The van der Waals surface area contributed by atoms with Gasteiger partial charge in [-0.05, 0) is 62.7 Å². The number of aryl methyl sites for hydroxylation is 1. The maximum atomic E-state index is 13.7. The number of alkyl halides is 3. The van der Waals surface area contributed by atoms with Gasteiger partial charge >= 0.3 is 6.18 Å². The predicted octanol–water partition coefficient (Wildman–Crippen LogP) is 5.14. The van der Waals surface area contributed by atoms with Gasteiger partial charge in [-0.1, -0.05) is 18.6 Å². The highest BCUT2D eigenvalue weighted by Crippen LogP contribution is 2.38. The number of aliphatic hydroxyl groups excluding tert-OH is 1. The van der Waals surface area contributed by atoms with Crippen molar-refractivity contribution in [3.8, 4) is 17.2 Å². The van der Waals surface area contributed by atoms with Crippen LogP contribution in [0, 0.1) is 6.92 Å². The van der Waals surface area contributed by atoms with Crippen molar-refractivity contribution >= 4 is 11.0 Å². The van der Waals surface area contributed by atoms with Crippen LogP contribution in [0.1, 0.15) is 30.6 Å². The van der Waals surface area contributed by atoms with E-state index in [-0.39, 0.29) is 29.1 Å². The first-order chi connectivity index (χ1) is 16.2.